The van der Waals surface area contributed by atoms with E-state index in [0.29, 0.717) is 11.7 Å². The van der Waals surface area contributed by atoms with Gasteiger partial charge in [0.2, 0.25) is 0 Å². The third-order valence-corrected chi connectivity index (χ3v) is 4.07. The van der Waals surface area contributed by atoms with E-state index < -0.39 is 0 Å². The molecule has 0 unspecified atom stereocenters. The Balaban J connectivity index is 1.75. The number of aromatic nitrogens is 3. The number of aryl methyl sites for hydroxylation is 1. The third kappa shape index (κ3) is 2.98. The maximum atomic E-state index is 12.3. The number of nitrogens with one attached hydrogen (secondary N) is 2. The Morgan fingerprint density at radius 3 is 3.00 bits per heavy atom. The van der Waals surface area contributed by atoms with Crippen LogP contribution in [0.1, 0.15) is 29.0 Å². The first-order chi connectivity index (χ1) is 10.2. The van der Waals surface area contributed by atoms with Crippen molar-refractivity contribution in [2.24, 2.45) is 0 Å². The minimum atomic E-state index is -0.231. The number of carbonyl (C=O) groups excluding carboxylic acids is 1. The number of hydrogen-bond acceptors (Lipinski definition) is 4. The van der Waals surface area contributed by atoms with Crippen molar-refractivity contribution < 1.29 is 4.79 Å². The number of hydrogen-bond donors (Lipinski definition) is 2. The second kappa shape index (κ2) is 5.95. The fourth-order valence-corrected chi connectivity index (χ4v) is 2.59. The zero-order chi connectivity index (χ0) is 14.8. The summed E-state index contributed by atoms with van der Waals surface area (Å²) < 4.78 is 2.74. The molecule has 0 bridgehead atoms. The van der Waals surface area contributed by atoms with E-state index in [4.69, 9.17) is 0 Å². The van der Waals surface area contributed by atoms with Crippen LogP contribution in [0.3, 0.4) is 0 Å². The minimum Gasteiger partial charge on any atom is -0.320 e. The Hall–Kier alpha value is -1.73. The highest BCUT2D eigenvalue weighted by Crippen LogP contribution is 2.22. The van der Waals surface area contributed by atoms with Crippen molar-refractivity contribution in [1.82, 2.24) is 20.3 Å². The molecule has 2 N–H and O–H groups in total. The lowest BCUT2D eigenvalue weighted by Gasteiger charge is -2.26. The Morgan fingerprint density at radius 2 is 2.33 bits per heavy atom. The lowest BCUT2D eigenvalue weighted by atomic mass is 10.1. The molecule has 0 atom stereocenters. The fourth-order valence-electron chi connectivity index (χ4n) is 2.18. The first-order valence-electron chi connectivity index (χ1n) is 6.89. The summed E-state index contributed by atoms with van der Waals surface area (Å²) in [6.07, 6.45) is 2.54. The van der Waals surface area contributed by atoms with Crippen molar-refractivity contribution in [3.8, 4) is 0 Å². The van der Waals surface area contributed by atoms with Gasteiger partial charge in [-0.3, -0.25) is 4.79 Å². The average molecular weight is 350 g/mol. The van der Waals surface area contributed by atoms with E-state index in [1.165, 1.54) is 0 Å². The zero-order valence-electron chi connectivity index (χ0n) is 11.6. The van der Waals surface area contributed by atoms with E-state index in [9.17, 15) is 4.79 Å². The smallest absolute Gasteiger partial charge is 0.277 e. The molecule has 0 radical (unpaired) electrons. The van der Waals surface area contributed by atoms with Gasteiger partial charge in [-0.15, -0.1) is 5.10 Å². The van der Waals surface area contributed by atoms with Gasteiger partial charge in [0.15, 0.2) is 5.69 Å². The van der Waals surface area contributed by atoms with Gasteiger partial charge >= 0.3 is 0 Å². The Morgan fingerprint density at radius 1 is 1.52 bits per heavy atom. The van der Waals surface area contributed by atoms with E-state index in [1.54, 1.807) is 10.9 Å². The maximum Gasteiger partial charge on any atom is 0.277 e. The highest BCUT2D eigenvalue weighted by atomic mass is 79.9. The minimum absolute atomic E-state index is 0.231. The number of halogens is 1. The molecule has 110 valence electrons. The molecule has 3 rings (SSSR count). The number of amides is 1. The van der Waals surface area contributed by atoms with Crippen LogP contribution in [0, 0.1) is 0 Å². The molecular formula is C14H16BrN5O. The summed E-state index contributed by atoms with van der Waals surface area (Å²) in [5.74, 6) is -0.231. The van der Waals surface area contributed by atoms with Gasteiger partial charge in [-0.05, 0) is 30.2 Å². The van der Waals surface area contributed by atoms with Crippen LogP contribution in [-0.4, -0.2) is 34.0 Å². The summed E-state index contributed by atoms with van der Waals surface area (Å²) in [5.41, 5.74) is 2.23. The molecule has 2 aromatic rings. The fraction of sp³-hybridized carbons (Fsp3) is 0.357. The van der Waals surface area contributed by atoms with Gasteiger partial charge in [-0.1, -0.05) is 28.1 Å². The third-order valence-electron chi connectivity index (χ3n) is 3.57. The normalized spacial score (nSPS) is 14.8. The monoisotopic (exact) mass is 349 g/mol. The Labute approximate surface area is 131 Å². The van der Waals surface area contributed by atoms with E-state index in [0.717, 1.165) is 35.2 Å². The van der Waals surface area contributed by atoms with Gasteiger partial charge in [0, 0.05) is 23.2 Å². The highest BCUT2D eigenvalue weighted by molar-refractivity contribution is 9.10. The number of carbonyl (C=O) groups is 1. The predicted octanol–water partition coefficient (Wildman–Crippen LogP) is 2.00. The van der Waals surface area contributed by atoms with Gasteiger partial charge in [0.05, 0.1) is 12.2 Å². The molecule has 0 aliphatic carbocycles. The Bertz CT molecular complexity index is 665. The lowest BCUT2D eigenvalue weighted by Crippen LogP contribution is -2.43. The zero-order valence-corrected chi connectivity index (χ0v) is 13.2. The molecule has 7 heteroatoms. The van der Waals surface area contributed by atoms with E-state index in [2.05, 4.69) is 43.8 Å². The molecule has 1 aliphatic heterocycles. The summed E-state index contributed by atoms with van der Waals surface area (Å²) in [6.45, 7) is 3.80. The van der Waals surface area contributed by atoms with Crippen LogP contribution >= 0.6 is 15.9 Å². The van der Waals surface area contributed by atoms with Crippen molar-refractivity contribution in [2.45, 2.75) is 19.4 Å². The highest BCUT2D eigenvalue weighted by Gasteiger charge is 2.21. The predicted molar refractivity (Wildman–Crippen MR) is 83.4 cm³/mol. The van der Waals surface area contributed by atoms with Crippen molar-refractivity contribution >= 4 is 27.5 Å². The van der Waals surface area contributed by atoms with E-state index >= 15 is 0 Å². The van der Waals surface area contributed by atoms with Gasteiger partial charge in [-0.25, -0.2) is 4.68 Å². The second-order valence-corrected chi connectivity index (χ2v) is 5.92. The van der Waals surface area contributed by atoms with Crippen LogP contribution in [0.15, 0.2) is 28.9 Å². The molecule has 1 aliphatic rings. The number of anilines is 1. The average Bonchev–Trinajstić information content (AvgIpc) is 2.88. The molecule has 21 heavy (non-hydrogen) atoms. The molecule has 1 amide bonds. The topological polar surface area (TPSA) is 71.8 Å². The van der Waals surface area contributed by atoms with Crippen molar-refractivity contribution in [3.05, 3.63) is 40.1 Å². The van der Waals surface area contributed by atoms with Gasteiger partial charge in [0.1, 0.15) is 0 Å². The molecule has 0 spiro atoms. The quantitative estimate of drug-likeness (QED) is 0.885. The molecule has 1 fully saturated rings. The lowest BCUT2D eigenvalue weighted by molar-refractivity contribution is 0.102. The van der Waals surface area contributed by atoms with E-state index in [1.807, 2.05) is 18.2 Å². The molecule has 1 aromatic heterocycles. The maximum absolute atomic E-state index is 12.3. The van der Waals surface area contributed by atoms with Crippen LogP contribution in [0.2, 0.25) is 0 Å². The van der Waals surface area contributed by atoms with Gasteiger partial charge < -0.3 is 10.6 Å². The standard InChI is InChI=1S/C14H16BrN5O/c1-2-9-5-10(15)3-4-12(9)17-14(21)13-8-20(19-18-13)11-6-16-7-11/h3-5,8,11,16H,2,6-7H2,1H3,(H,17,21). The van der Waals surface area contributed by atoms with Crippen molar-refractivity contribution in [1.29, 1.82) is 0 Å². The largest absolute Gasteiger partial charge is 0.320 e. The first-order valence-corrected chi connectivity index (χ1v) is 7.69. The van der Waals surface area contributed by atoms with Crippen LogP contribution in [0.4, 0.5) is 5.69 Å². The van der Waals surface area contributed by atoms with Gasteiger partial charge in [-0.2, -0.15) is 0 Å². The van der Waals surface area contributed by atoms with Crippen molar-refractivity contribution in [3.63, 3.8) is 0 Å². The number of rotatable bonds is 4. The van der Waals surface area contributed by atoms with Crippen LogP contribution in [-0.2, 0) is 6.42 Å². The van der Waals surface area contributed by atoms with Gasteiger partial charge in [0.25, 0.3) is 5.91 Å². The summed E-state index contributed by atoms with van der Waals surface area (Å²) in [7, 11) is 0. The molecular weight excluding hydrogens is 334 g/mol. The molecule has 0 saturated carbocycles. The number of benzene rings is 1. The van der Waals surface area contributed by atoms with Crippen LogP contribution in [0.5, 0.6) is 0 Å². The van der Waals surface area contributed by atoms with E-state index in [-0.39, 0.29) is 5.91 Å². The summed E-state index contributed by atoms with van der Waals surface area (Å²) >= 11 is 3.44. The summed E-state index contributed by atoms with van der Waals surface area (Å²) in [5, 5.41) is 14.0. The number of nitrogens with zero attached hydrogens (tertiary/aromatic N) is 3. The summed E-state index contributed by atoms with van der Waals surface area (Å²) in [6, 6.07) is 6.11. The second-order valence-electron chi connectivity index (χ2n) is 5.01. The molecule has 1 saturated heterocycles. The summed E-state index contributed by atoms with van der Waals surface area (Å²) in [4.78, 5) is 12.3. The van der Waals surface area contributed by atoms with Crippen LogP contribution in [0.25, 0.3) is 0 Å². The van der Waals surface area contributed by atoms with Crippen molar-refractivity contribution in [2.75, 3.05) is 18.4 Å². The molecule has 6 nitrogen and oxygen atoms in total. The Kier molecular flexibility index (Phi) is 4.03. The first kappa shape index (κ1) is 14.2. The molecule has 1 aromatic carbocycles. The molecule has 2 heterocycles. The SMILES string of the molecule is CCc1cc(Br)ccc1NC(=O)c1cn(C2CNC2)nn1. The van der Waals surface area contributed by atoms with Crippen LogP contribution < -0.4 is 10.6 Å².